The number of esters is 2. The van der Waals surface area contributed by atoms with Gasteiger partial charge in [-0.1, -0.05) is 119 Å². The van der Waals surface area contributed by atoms with Crippen molar-refractivity contribution in [1.29, 1.82) is 0 Å². The molecule has 0 aromatic heterocycles. The fourth-order valence-electron chi connectivity index (χ4n) is 6.98. The average Bonchev–Trinajstić information content (AvgIpc) is 3.09. The number of nitrogens with two attached hydrogens (primary N) is 3. The van der Waals surface area contributed by atoms with Crippen molar-refractivity contribution in [2.24, 2.45) is 40.9 Å². The van der Waals surface area contributed by atoms with E-state index >= 15 is 0 Å². The van der Waals surface area contributed by atoms with Gasteiger partial charge in [-0.05, 0) is 82.5 Å². The van der Waals surface area contributed by atoms with Gasteiger partial charge in [0.2, 0.25) is 11.8 Å². The van der Waals surface area contributed by atoms with Gasteiger partial charge < -0.3 is 26.7 Å². The van der Waals surface area contributed by atoms with Crippen LogP contribution in [0.25, 0.3) is 0 Å². The summed E-state index contributed by atoms with van der Waals surface area (Å²) in [6.07, 6.45) is 19.8. The van der Waals surface area contributed by atoms with E-state index in [-0.39, 0.29) is 54.7 Å². The summed E-state index contributed by atoms with van der Waals surface area (Å²) in [5.41, 5.74) is 17.8. The van der Waals surface area contributed by atoms with Crippen LogP contribution in [-0.4, -0.2) is 42.0 Å². The molecule has 7 atom stereocenters. The van der Waals surface area contributed by atoms with Crippen molar-refractivity contribution in [2.45, 2.75) is 214 Å². The first kappa shape index (κ1) is 47.8. The summed E-state index contributed by atoms with van der Waals surface area (Å²) in [7, 11) is 0. The lowest BCUT2D eigenvalue weighted by atomic mass is 9.85. The Labute approximate surface area is 306 Å². The molecule has 0 fully saturated rings. The van der Waals surface area contributed by atoms with Gasteiger partial charge in [0.25, 0.3) is 0 Å². The van der Waals surface area contributed by atoms with Crippen molar-refractivity contribution in [3.63, 3.8) is 0 Å². The van der Waals surface area contributed by atoms with Gasteiger partial charge in [0.15, 0.2) is 0 Å². The summed E-state index contributed by atoms with van der Waals surface area (Å²) in [4.78, 5) is 50.3. The van der Waals surface area contributed by atoms with E-state index < -0.39 is 12.0 Å². The number of carbonyl (C=O) groups excluding carboxylic acids is 4. The second kappa shape index (κ2) is 30.5. The Morgan fingerprint density at radius 3 is 1.26 bits per heavy atom. The topological polar surface area (TPSA) is 165 Å². The summed E-state index contributed by atoms with van der Waals surface area (Å²) in [5, 5.41) is 0. The molecule has 0 aliphatic heterocycles. The molecule has 0 saturated carbocycles. The van der Waals surface area contributed by atoms with Crippen molar-refractivity contribution >= 4 is 23.8 Å². The van der Waals surface area contributed by atoms with Crippen LogP contribution < -0.4 is 17.2 Å². The second-order valence-corrected chi connectivity index (χ2v) is 15.0. The largest absolute Gasteiger partial charge is 0.462 e. The molecular weight excluding hydrogens is 630 g/mol. The second-order valence-electron chi connectivity index (χ2n) is 15.0. The zero-order valence-electron chi connectivity index (χ0n) is 33.2. The van der Waals surface area contributed by atoms with E-state index in [1.54, 1.807) is 0 Å². The average molecular weight is 710 g/mol. The molecule has 294 valence electrons. The molecule has 9 nitrogen and oxygen atoms in total. The summed E-state index contributed by atoms with van der Waals surface area (Å²) in [6, 6.07) is -0.918. The highest BCUT2D eigenvalue weighted by Crippen LogP contribution is 2.27. The van der Waals surface area contributed by atoms with Crippen molar-refractivity contribution in [3.8, 4) is 0 Å². The van der Waals surface area contributed by atoms with Gasteiger partial charge in [-0.25, -0.2) is 0 Å². The van der Waals surface area contributed by atoms with E-state index in [9.17, 15) is 19.2 Å². The molecule has 6 unspecified atom stereocenters. The van der Waals surface area contributed by atoms with Gasteiger partial charge in [-0.15, -0.1) is 0 Å². The van der Waals surface area contributed by atoms with Gasteiger partial charge in [0, 0.05) is 18.3 Å². The highest BCUT2D eigenvalue weighted by Gasteiger charge is 2.25. The van der Waals surface area contributed by atoms with E-state index in [1.165, 1.54) is 0 Å². The lowest BCUT2D eigenvalue weighted by Gasteiger charge is -2.23. The SMILES string of the molecule is CCCCC(CC)CC(CCCC(CCCC)OC(=O)CC[C@@H](N)C(=O)OC(CCCC)CCCC(CC(CC)CCCC)C(N)=O)C(N)=O. The van der Waals surface area contributed by atoms with Gasteiger partial charge in [-0.2, -0.15) is 0 Å². The molecule has 50 heavy (non-hydrogen) atoms. The molecule has 0 rings (SSSR count). The van der Waals surface area contributed by atoms with Crippen molar-refractivity contribution < 1.29 is 28.7 Å². The molecule has 6 N–H and O–H groups in total. The minimum Gasteiger partial charge on any atom is -0.462 e. The fraction of sp³-hybridized carbons (Fsp3) is 0.902. The number of hydrogen-bond acceptors (Lipinski definition) is 7. The highest BCUT2D eigenvalue weighted by molar-refractivity contribution is 5.78. The van der Waals surface area contributed by atoms with Gasteiger partial charge >= 0.3 is 11.9 Å². The van der Waals surface area contributed by atoms with Crippen LogP contribution in [0.1, 0.15) is 196 Å². The Morgan fingerprint density at radius 2 is 0.880 bits per heavy atom. The lowest BCUT2D eigenvalue weighted by Crippen LogP contribution is -2.36. The standard InChI is InChI=1S/C41H79N3O6/c1-7-13-19-31(11-5)29-33(39(43)46)21-17-25-35(23-15-9-3)49-38(45)28-27-37(42)41(48)50-36(24-16-10-4)26-18-22-34(40(44)47)30-32(12-6)20-14-8-2/h31-37H,7-30,42H2,1-6H3,(H2,43,46)(H2,44,47)/t31?,32?,33?,34?,35?,36?,37-/m1/s1. The van der Waals surface area contributed by atoms with Crippen LogP contribution in [0.3, 0.4) is 0 Å². The zero-order valence-corrected chi connectivity index (χ0v) is 33.2. The third kappa shape index (κ3) is 23.3. The van der Waals surface area contributed by atoms with Crippen LogP contribution in [0.2, 0.25) is 0 Å². The molecule has 0 radical (unpaired) electrons. The molecule has 0 aliphatic rings. The normalized spacial score (nSPS) is 15.7. The van der Waals surface area contributed by atoms with E-state index in [0.717, 1.165) is 116 Å². The fourth-order valence-corrected chi connectivity index (χ4v) is 6.98. The monoisotopic (exact) mass is 710 g/mol. The number of rotatable bonds is 34. The molecule has 9 heteroatoms. The third-order valence-electron chi connectivity index (χ3n) is 10.6. The molecule has 0 aromatic carbocycles. The van der Waals surface area contributed by atoms with Crippen LogP contribution in [0.5, 0.6) is 0 Å². The summed E-state index contributed by atoms with van der Waals surface area (Å²) < 4.78 is 11.7. The Hall–Kier alpha value is -2.16. The van der Waals surface area contributed by atoms with Crippen LogP contribution in [0, 0.1) is 23.7 Å². The minimum atomic E-state index is -0.918. The highest BCUT2D eigenvalue weighted by atomic mass is 16.5. The molecule has 0 aliphatic carbocycles. The molecule has 0 saturated heterocycles. The van der Waals surface area contributed by atoms with E-state index in [4.69, 9.17) is 26.7 Å². The Bertz CT molecular complexity index is 900. The Balaban J connectivity index is 4.99. The van der Waals surface area contributed by atoms with E-state index in [1.807, 2.05) is 0 Å². The molecule has 0 heterocycles. The first-order chi connectivity index (χ1) is 23.9. The zero-order chi connectivity index (χ0) is 37.7. The Morgan fingerprint density at radius 1 is 0.500 bits per heavy atom. The Kier molecular flexibility index (Phi) is 29.1. The third-order valence-corrected chi connectivity index (χ3v) is 10.6. The number of hydrogen-bond donors (Lipinski definition) is 3. The van der Waals surface area contributed by atoms with E-state index in [0.29, 0.717) is 37.5 Å². The van der Waals surface area contributed by atoms with Gasteiger partial charge in [0.05, 0.1) is 0 Å². The molecule has 0 aromatic rings. The van der Waals surface area contributed by atoms with Crippen molar-refractivity contribution in [3.05, 3.63) is 0 Å². The first-order valence-electron chi connectivity index (χ1n) is 20.7. The maximum Gasteiger partial charge on any atom is 0.323 e. The van der Waals surface area contributed by atoms with Crippen LogP contribution in [-0.2, 0) is 28.7 Å². The maximum absolute atomic E-state index is 13.0. The summed E-state index contributed by atoms with van der Waals surface area (Å²) in [6.45, 7) is 12.9. The smallest absolute Gasteiger partial charge is 0.323 e. The predicted molar refractivity (Wildman–Crippen MR) is 205 cm³/mol. The lowest BCUT2D eigenvalue weighted by molar-refractivity contribution is -0.153. The summed E-state index contributed by atoms with van der Waals surface area (Å²) in [5.74, 6) is -0.660. The molecule has 0 bridgehead atoms. The number of ether oxygens (including phenoxy) is 2. The quantitative estimate of drug-likeness (QED) is 0.0561. The van der Waals surface area contributed by atoms with Crippen LogP contribution >= 0.6 is 0 Å². The molecule has 0 spiro atoms. The summed E-state index contributed by atoms with van der Waals surface area (Å²) >= 11 is 0. The van der Waals surface area contributed by atoms with Crippen LogP contribution in [0.4, 0.5) is 0 Å². The predicted octanol–water partition coefficient (Wildman–Crippen LogP) is 9.05. The first-order valence-corrected chi connectivity index (χ1v) is 20.7. The number of amides is 2. The van der Waals surface area contributed by atoms with Crippen molar-refractivity contribution in [2.75, 3.05) is 0 Å². The minimum absolute atomic E-state index is 0.0367. The number of unbranched alkanes of at least 4 members (excludes halogenated alkanes) is 4. The number of primary amides is 2. The van der Waals surface area contributed by atoms with Crippen LogP contribution in [0.15, 0.2) is 0 Å². The van der Waals surface area contributed by atoms with Crippen molar-refractivity contribution in [1.82, 2.24) is 0 Å². The number of carbonyl (C=O) groups is 4. The van der Waals surface area contributed by atoms with E-state index in [2.05, 4.69) is 41.5 Å². The van der Waals surface area contributed by atoms with Gasteiger partial charge in [0.1, 0.15) is 18.2 Å². The molecular formula is C41H79N3O6. The molecule has 2 amide bonds. The maximum atomic E-state index is 13.0. The van der Waals surface area contributed by atoms with Gasteiger partial charge in [-0.3, -0.25) is 19.2 Å².